The summed E-state index contributed by atoms with van der Waals surface area (Å²) in [4.78, 5) is 36.8. The van der Waals surface area contributed by atoms with E-state index in [2.05, 4.69) is 105 Å². The molecule has 8 aromatic heterocycles. The fraction of sp³-hybridized carbons (Fsp3) is 0.569. The average molecular weight is 1440 g/mol. The summed E-state index contributed by atoms with van der Waals surface area (Å²) < 4.78 is 140. The molecule has 2 saturated heterocycles. The molecule has 0 bridgehead atoms. The van der Waals surface area contributed by atoms with Crippen molar-refractivity contribution >= 4 is 48.3 Å². The number of likely N-dealkylation sites (tertiary alicyclic amines) is 2. The van der Waals surface area contributed by atoms with E-state index in [9.17, 15) is 45.3 Å². The number of nitrogens with two attached hydrogens (primary N) is 1. The Bertz CT molecular complexity index is 4340. The first-order valence-corrected chi connectivity index (χ1v) is 42.2. The van der Waals surface area contributed by atoms with E-state index in [1.807, 2.05) is 55.4 Å². The number of ether oxygens (including phenoxy) is 4. The molecule has 536 valence electrons. The van der Waals surface area contributed by atoms with Gasteiger partial charge in [0.25, 0.3) is 10.1 Å². The highest BCUT2D eigenvalue weighted by molar-refractivity contribution is 7.85. The van der Waals surface area contributed by atoms with E-state index in [0.29, 0.717) is 78.4 Å². The van der Waals surface area contributed by atoms with Gasteiger partial charge in [-0.1, -0.05) is 39.3 Å². The molecule has 8 aromatic rings. The van der Waals surface area contributed by atoms with E-state index in [0.717, 1.165) is 102 Å². The summed E-state index contributed by atoms with van der Waals surface area (Å²) in [6.07, 6.45) is 10.4. The summed E-state index contributed by atoms with van der Waals surface area (Å²) >= 11 is 0. The van der Waals surface area contributed by atoms with E-state index in [1.54, 1.807) is 18.7 Å². The lowest BCUT2D eigenvalue weighted by molar-refractivity contribution is -0.146. The number of rotatable bonds is 26. The Morgan fingerprint density at radius 1 is 0.610 bits per heavy atom. The number of halogens is 6. The predicted octanol–water partition coefficient (Wildman–Crippen LogP) is 10.4. The summed E-state index contributed by atoms with van der Waals surface area (Å²) in [7, 11) is -5.56. The molecule has 0 spiro atoms. The van der Waals surface area contributed by atoms with Gasteiger partial charge in [-0.25, -0.2) is 29.9 Å². The van der Waals surface area contributed by atoms with Crippen LogP contribution in [0.3, 0.4) is 0 Å². The van der Waals surface area contributed by atoms with Gasteiger partial charge in [-0.3, -0.25) is 23.3 Å². The zero-order chi connectivity index (χ0) is 71.4. The van der Waals surface area contributed by atoms with Gasteiger partial charge < -0.3 is 33.8 Å². The molecule has 0 aromatic carbocycles. The first-order chi connectivity index (χ1) is 47.4. The molecule has 0 unspecified atom stereocenters. The number of hydrogen-bond donors (Lipinski definition) is 1. The van der Waals surface area contributed by atoms with Gasteiger partial charge in [0.1, 0.15) is 66.4 Å². The van der Waals surface area contributed by atoms with E-state index in [1.165, 1.54) is 12.4 Å². The highest BCUT2D eigenvalue weighted by Crippen LogP contribution is 2.42. The van der Waals surface area contributed by atoms with Crippen LogP contribution in [0.1, 0.15) is 87.2 Å². The second kappa shape index (κ2) is 30.0. The molecule has 2 saturated carbocycles. The number of fused-ring (bicyclic) bond motifs is 2. The number of hydrogen-bond acceptors (Lipinski definition) is 22. The normalized spacial score (nSPS) is 19.9. The SMILES string of the molecule is COS(=O)(=O)Cc1cc(OC2CCC(N3CC(CC#N)(n4cc(-c5ncnc6c5ccn6COCC[Si](C)(C)C)cn4)C3)CC2)nc(C(F)(F)F)n1.C[Si](C)(C)CCOCn1ccc2c(-c3cnn(C4(CC#N)CN(C5CCC(Oc6cc(CN)nc(C(F)(F)F)n6)CC5)C4)c3)ncnc21. The van der Waals surface area contributed by atoms with Gasteiger partial charge in [-0.2, -0.15) is 65.4 Å². The molecule has 10 heterocycles. The van der Waals surface area contributed by atoms with Crippen LogP contribution in [0, 0.1) is 22.7 Å². The molecule has 4 aliphatic rings. The van der Waals surface area contributed by atoms with E-state index >= 15 is 0 Å². The number of aromatic nitrogens is 14. The Kier molecular flexibility index (Phi) is 22.0. The van der Waals surface area contributed by atoms with Crippen LogP contribution in [0.25, 0.3) is 44.6 Å². The largest absolute Gasteiger partial charge is 0.474 e. The second-order valence-corrected chi connectivity index (χ2v) is 41.6. The molecular formula is C65H83F6N19O7SSi2. The van der Waals surface area contributed by atoms with Gasteiger partial charge in [-0.15, -0.1) is 0 Å². The lowest BCUT2D eigenvalue weighted by Crippen LogP contribution is -2.65. The topological polar surface area (TPSA) is 309 Å². The monoisotopic (exact) mass is 1440 g/mol. The van der Waals surface area contributed by atoms with Gasteiger partial charge in [0.15, 0.2) is 0 Å². The molecule has 2 N–H and O–H groups in total. The zero-order valence-electron chi connectivity index (χ0n) is 57.0. The van der Waals surface area contributed by atoms with Crippen molar-refractivity contribution in [2.24, 2.45) is 5.73 Å². The van der Waals surface area contributed by atoms with Gasteiger partial charge >= 0.3 is 12.4 Å². The molecular weight excluding hydrogens is 1360 g/mol. The van der Waals surface area contributed by atoms with Crippen molar-refractivity contribution in [1.29, 1.82) is 10.5 Å². The molecule has 0 atom stereocenters. The van der Waals surface area contributed by atoms with Crippen LogP contribution in [0.2, 0.25) is 51.4 Å². The van der Waals surface area contributed by atoms with Gasteiger partial charge in [0, 0.05) is 133 Å². The molecule has 26 nitrogen and oxygen atoms in total. The van der Waals surface area contributed by atoms with Gasteiger partial charge in [0.2, 0.25) is 23.4 Å². The van der Waals surface area contributed by atoms with Crippen molar-refractivity contribution < 1.29 is 57.9 Å². The molecule has 12 rings (SSSR count). The Labute approximate surface area is 577 Å². The lowest BCUT2D eigenvalue weighted by Gasteiger charge is -2.53. The van der Waals surface area contributed by atoms with E-state index in [4.69, 9.17) is 34.9 Å². The maximum atomic E-state index is 13.5. The molecule has 2 aliphatic carbocycles. The number of alkyl halides is 6. The highest BCUT2D eigenvalue weighted by atomic mass is 32.2. The van der Waals surface area contributed by atoms with Crippen molar-refractivity contribution in [3.05, 3.63) is 97.1 Å². The average Bonchev–Trinajstić information content (AvgIpc) is 1.44. The van der Waals surface area contributed by atoms with Crippen LogP contribution >= 0.6 is 0 Å². The molecule has 100 heavy (non-hydrogen) atoms. The first-order valence-electron chi connectivity index (χ1n) is 33.3. The quantitative estimate of drug-likeness (QED) is 0.0228. The minimum atomic E-state index is -4.89. The van der Waals surface area contributed by atoms with Crippen molar-refractivity contribution in [3.63, 3.8) is 0 Å². The summed E-state index contributed by atoms with van der Waals surface area (Å²) in [5, 5.41) is 30.7. The van der Waals surface area contributed by atoms with Crippen LogP contribution in [-0.2, 0) is 73.0 Å². The van der Waals surface area contributed by atoms with Crippen LogP contribution in [0.15, 0.2) is 74.1 Å². The lowest BCUT2D eigenvalue weighted by atomic mass is 9.82. The second-order valence-electron chi connectivity index (χ2n) is 28.7. The molecule has 2 aliphatic heterocycles. The minimum Gasteiger partial charge on any atom is -0.474 e. The van der Waals surface area contributed by atoms with Crippen molar-refractivity contribution in [3.8, 4) is 46.4 Å². The van der Waals surface area contributed by atoms with E-state index < -0.39 is 73.2 Å². The maximum Gasteiger partial charge on any atom is 0.451 e. The molecule has 0 amide bonds. The Morgan fingerprint density at radius 2 is 1.02 bits per heavy atom. The third-order valence-corrected chi connectivity index (χ3v) is 23.3. The van der Waals surface area contributed by atoms with Crippen LogP contribution < -0.4 is 15.2 Å². The standard InChI is InChI=1S/C33H42F3N9O5SSi.C32H41F3N10O2Si/c1-48-51(46,47)18-24-15-28(42-31(41-24)33(34,35)36)50-26-7-5-25(6-8-26)44-19-32(20-44,10-11-37)45-17-23(16-40-45)29-27-9-12-43(30(27)39-21-38-29)22-49-13-14-52(2,3)4;1-48(2,3)13-12-46-21-43-11-8-26-28(38-20-39-29(26)43)22-16-40-45(17-22)31(9-10-36)18-44(19-31)24-4-6-25(7-5-24)47-27-14-23(15-37)41-30(42-27)32(33,34)35/h9,12,15-17,21,25-26H,5-8,10,13-14,18-20,22H2,1-4H3;8,11,14,16-17,20,24-25H,4-7,9,12-13,15,18-19,21,37H2,1-3H3. The Morgan fingerprint density at radius 3 is 1.40 bits per heavy atom. The zero-order valence-corrected chi connectivity index (χ0v) is 59.8. The maximum absolute atomic E-state index is 13.5. The van der Waals surface area contributed by atoms with Gasteiger partial charge in [0.05, 0.1) is 67.3 Å². The third kappa shape index (κ3) is 17.5. The summed E-state index contributed by atoms with van der Waals surface area (Å²) in [6.45, 7) is 18.6. The summed E-state index contributed by atoms with van der Waals surface area (Å²) in [5.74, 6) is -4.00. The fourth-order valence-corrected chi connectivity index (χ4v) is 15.4. The summed E-state index contributed by atoms with van der Waals surface area (Å²) in [5.41, 5.74) is 9.04. The summed E-state index contributed by atoms with van der Waals surface area (Å²) in [6, 6.07) is 13.8. The van der Waals surface area contributed by atoms with Crippen molar-refractivity contribution in [2.45, 2.75) is 189 Å². The number of nitriles is 2. The Hall–Kier alpha value is -7.88. The third-order valence-electron chi connectivity index (χ3n) is 18.8. The smallest absolute Gasteiger partial charge is 0.451 e. The molecule has 35 heteroatoms. The first kappa shape index (κ1) is 73.3. The number of nitrogens with zero attached hydrogens (tertiary/aromatic N) is 18. The van der Waals surface area contributed by atoms with Gasteiger partial charge in [-0.05, 0) is 75.6 Å². The van der Waals surface area contributed by atoms with E-state index in [-0.39, 0.29) is 54.3 Å². The van der Waals surface area contributed by atoms with Crippen molar-refractivity contribution in [1.82, 2.24) is 78.4 Å². The molecule has 0 radical (unpaired) electrons. The van der Waals surface area contributed by atoms with Crippen LogP contribution in [0.4, 0.5) is 26.3 Å². The fourth-order valence-electron chi connectivity index (χ4n) is 13.2. The van der Waals surface area contributed by atoms with Crippen LogP contribution in [-0.4, -0.2) is 174 Å². The highest BCUT2D eigenvalue weighted by Gasteiger charge is 2.50. The van der Waals surface area contributed by atoms with Crippen LogP contribution in [0.5, 0.6) is 11.8 Å². The van der Waals surface area contributed by atoms with Crippen molar-refractivity contribution in [2.75, 3.05) is 46.5 Å². The minimum absolute atomic E-state index is 0.0811. The Balaban J connectivity index is 0.000000202. The predicted molar refractivity (Wildman–Crippen MR) is 360 cm³/mol. The molecule has 4 fully saturated rings.